The van der Waals surface area contributed by atoms with E-state index in [4.69, 9.17) is 0 Å². The minimum atomic E-state index is -0.969. The van der Waals surface area contributed by atoms with Gasteiger partial charge in [-0.1, -0.05) is 12.1 Å². The maximum Gasteiger partial charge on any atom is 0.334 e. The number of likely N-dealkylation sites (N-methyl/N-ethyl adjacent to an activating group) is 1. The monoisotopic (exact) mass is 388 g/mol. The van der Waals surface area contributed by atoms with Crippen molar-refractivity contribution in [3.05, 3.63) is 29.3 Å². The molecular weight excluding hydrogens is 368 g/mol. The van der Waals surface area contributed by atoms with Gasteiger partial charge in [-0.2, -0.15) is 0 Å². The molecule has 0 unspecified atom stereocenters. The van der Waals surface area contributed by atoms with Gasteiger partial charge in [-0.05, 0) is 32.9 Å². The highest BCUT2D eigenvalue weighted by molar-refractivity contribution is 7.18. The Hall–Kier alpha value is -2.81. The standard InChI is InChI=1S/C18H20N4O4S/c1-10(2)22-17(25)16(24)21(18(22)26)9-14(23)20(4)11(3)15-19-12-7-5-6-8-13(12)27-15/h5-8,10-11H,9H2,1-4H3/t11-/m0/s1. The fraction of sp³-hybridized carbons (Fsp3) is 0.389. The molecule has 0 bridgehead atoms. The third kappa shape index (κ3) is 3.30. The lowest BCUT2D eigenvalue weighted by Gasteiger charge is -2.25. The van der Waals surface area contributed by atoms with Crippen LogP contribution in [0.3, 0.4) is 0 Å². The van der Waals surface area contributed by atoms with Crippen molar-refractivity contribution < 1.29 is 19.2 Å². The van der Waals surface area contributed by atoms with Crippen molar-refractivity contribution >= 4 is 45.3 Å². The molecule has 0 N–H and O–H groups in total. The molecule has 5 amide bonds. The van der Waals surface area contributed by atoms with E-state index in [0.717, 1.165) is 20.1 Å². The first-order chi connectivity index (χ1) is 12.7. The van der Waals surface area contributed by atoms with Gasteiger partial charge in [0.05, 0.1) is 16.3 Å². The van der Waals surface area contributed by atoms with E-state index in [9.17, 15) is 19.2 Å². The van der Waals surface area contributed by atoms with Gasteiger partial charge in [-0.3, -0.25) is 19.3 Å². The number of carbonyl (C=O) groups is 4. The summed E-state index contributed by atoms with van der Waals surface area (Å²) in [7, 11) is 1.59. The number of nitrogens with zero attached hydrogens (tertiary/aromatic N) is 4. The van der Waals surface area contributed by atoms with Crippen molar-refractivity contribution in [2.45, 2.75) is 32.9 Å². The third-order valence-electron chi connectivity index (χ3n) is 4.54. The number of thiazole rings is 1. The Morgan fingerprint density at radius 3 is 2.41 bits per heavy atom. The Kier molecular flexibility index (Phi) is 4.97. The number of benzene rings is 1. The normalized spacial score (nSPS) is 16.0. The van der Waals surface area contributed by atoms with Gasteiger partial charge in [0.15, 0.2) is 0 Å². The SMILES string of the molecule is CC(C)N1C(=O)C(=O)N(CC(=O)N(C)[C@@H](C)c2nc3ccccc3s2)C1=O. The highest BCUT2D eigenvalue weighted by Gasteiger charge is 2.46. The van der Waals surface area contributed by atoms with Gasteiger partial charge in [0.25, 0.3) is 0 Å². The first-order valence-corrected chi connectivity index (χ1v) is 9.34. The van der Waals surface area contributed by atoms with Crippen molar-refractivity contribution in [3.8, 4) is 0 Å². The maximum absolute atomic E-state index is 12.6. The van der Waals surface area contributed by atoms with Crippen LogP contribution in [-0.2, 0) is 14.4 Å². The molecule has 1 aromatic carbocycles. The second kappa shape index (κ2) is 7.07. The van der Waals surface area contributed by atoms with Gasteiger partial charge in [0, 0.05) is 13.1 Å². The van der Waals surface area contributed by atoms with Crippen LogP contribution < -0.4 is 0 Å². The van der Waals surface area contributed by atoms with Gasteiger partial charge >= 0.3 is 17.8 Å². The van der Waals surface area contributed by atoms with Gasteiger partial charge in [-0.15, -0.1) is 11.3 Å². The molecular formula is C18H20N4O4S. The number of rotatable bonds is 5. The summed E-state index contributed by atoms with van der Waals surface area (Å²) in [5.41, 5.74) is 0.855. The largest absolute Gasteiger partial charge is 0.335 e. The average Bonchev–Trinajstić information content (AvgIpc) is 3.15. The van der Waals surface area contributed by atoms with Crippen LogP contribution in [0.2, 0.25) is 0 Å². The molecule has 1 atom stereocenters. The number of hydrogen-bond donors (Lipinski definition) is 0. The zero-order valence-corrected chi connectivity index (χ0v) is 16.3. The van der Waals surface area contributed by atoms with E-state index < -0.39 is 36.3 Å². The molecule has 1 aliphatic heterocycles. The smallest absolute Gasteiger partial charge is 0.334 e. The molecule has 1 saturated heterocycles. The van der Waals surface area contributed by atoms with E-state index in [1.54, 1.807) is 20.9 Å². The first kappa shape index (κ1) is 19.0. The van der Waals surface area contributed by atoms with E-state index in [2.05, 4.69) is 4.98 Å². The number of carbonyl (C=O) groups excluding carboxylic acids is 4. The topological polar surface area (TPSA) is 90.9 Å². The Bertz CT molecular complexity index is 905. The molecule has 9 heteroatoms. The fourth-order valence-electron chi connectivity index (χ4n) is 2.81. The average molecular weight is 388 g/mol. The number of aromatic nitrogens is 1. The third-order valence-corrected chi connectivity index (χ3v) is 5.74. The van der Waals surface area contributed by atoms with Crippen molar-refractivity contribution in [1.29, 1.82) is 0 Å². The van der Waals surface area contributed by atoms with Crippen LogP contribution >= 0.6 is 11.3 Å². The summed E-state index contributed by atoms with van der Waals surface area (Å²) in [4.78, 5) is 56.5. The molecule has 0 aliphatic carbocycles. The predicted octanol–water partition coefficient (Wildman–Crippen LogP) is 2.01. The van der Waals surface area contributed by atoms with Crippen LogP contribution in [-0.4, -0.2) is 63.1 Å². The first-order valence-electron chi connectivity index (χ1n) is 8.52. The summed E-state index contributed by atoms with van der Waals surface area (Å²) in [6, 6.07) is 6.14. The van der Waals surface area contributed by atoms with E-state index in [1.165, 1.54) is 16.2 Å². The zero-order valence-electron chi connectivity index (χ0n) is 15.5. The number of amides is 5. The molecule has 1 aromatic heterocycles. The van der Waals surface area contributed by atoms with Crippen molar-refractivity contribution in [1.82, 2.24) is 19.7 Å². The van der Waals surface area contributed by atoms with E-state index in [1.807, 2.05) is 31.2 Å². The highest BCUT2D eigenvalue weighted by Crippen LogP contribution is 2.29. The molecule has 2 heterocycles. The van der Waals surface area contributed by atoms with Crippen molar-refractivity contribution in [2.75, 3.05) is 13.6 Å². The summed E-state index contributed by atoms with van der Waals surface area (Å²) in [5.74, 6) is -2.31. The second-order valence-corrected chi connectivity index (χ2v) is 7.71. The number of para-hydroxylation sites is 1. The van der Waals surface area contributed by atoms with Crippen LogP contribution in [0.15, 0.2) is 24.3 Å². The lowest BCUT2D eigenvalue weighted by atomic mass is 10.3. The van der Waals surface area contributed by atoms with Gasteiger partial charge in [0.2, 0.25) is 5.91 Å². The van der Waals surface area contributed by atoms with Crippen LogP contribution in [0.5, 0.6) is 0 Å². The molecule has 2 aromatic rings. The molecule has 0 radical (unpaired) electrons. The lowest BCUT2D eigenvalue weighted by molar-refractivity contribution is -0.145. The van der Waals surface area contributed by atoms with Crippen LogP contribution in [0.25, 0.3) is 10.2 Å². The summed E-state index contributed by atoms with van der Waals surface area (Å²) in [5, 5.41) is 0.756. The minimum Gasteiger partial charge on any atom is -0.335 e. The quantitative estimate of drug-likeness (QED) is 0.577. The van der Waals surface area contributed by atoms with E-state index in [-0.39, 0.29) is 6.04 Å². The molecule has 1 aliphatic rings. The second-order valence-electron chi connectivity index (χ2n) is 6.64. The molecule has 142 valence electrons. The Labute approximate surface area is 160 Å². The Morgan fingerprint density at radius 1 is 1.15 bits per heavy atom. The molecule has 27 heavy (non-hydrogen) atoms. The highest BCUT2D eigenvalue weighted by atomic mass is 32.1. The van der Waals surface area contributed by atoms with Crippen molar-refractivity contribution in [2.24, 2.45) is 0 Å². The number of imide groups is 2. The zero-order chi connectivity index (χ0) is 19.9. The van der Waals surface area contributed by atoms with Crippen LogP contribution in [0, 0.1) is 0 Å². The van der Waals surface area contributed by atoms with Gasteiger partial charge in [0.1, 0.15) is 11.6 Å². The minimum absolute atomic E-state index is 0.334. The van der Waals surface area contributed by atoms with Crippen LogP contribution in [0.1, 0.15) is 31.8 Å². The number of urea groups is 1. The number of fused-ring (bicyclic) bond motifs is 1. The predicted molar refractivity (Wildman–Crippen MR) is 99.9 cm³/mol. The summed E-state index contributed by atoms with van der Waals surface area (Å²) < 4.78 is 1.02. The Morgan fingerprint density at radius 2 is 1.81 bits per heavy atom. The molecule has 1 fully saturated rings. The summed E-state index contributed by atoms with van der Waals surface area (Å²) in [6.45, 7) is 4.62. The van der Waals surface area contributed by atoms with Gasteiger partial charge < -0.3 is 4.90 Å². The molecule has 0 spiro atoms. The number of hydrogen-bond acceptors (Lipinski definition) is 6. The molecule has 3 rings (SSSR count). The van der Waals surface area contributed by atoms with Crippen LogP contribution in [0.4, 0.5) is 4.79 Å². The molecule has 0 saturated carbocycles. The lowest BCUT2D eigenvalue weighted by Crippen LogP contribution is -2.43. The Balaban J connectivity index is 1.74. The molecule has 8 nitrogen and oxygen atoms in total. The summed E-state index contributed by atoms with van der Waals surface area (Å²) >= 11 is 1.48. The fourth-order valence-corrected chi connectivity index (χ4v) is 3.88. The maximum atomic E-state index is 12.6. The van der Waals surface area contributed by atoms with E-state index in [0.29, 0.717) is 4.90 Å². The van der Waals surface area contributed by atoms with Crippen molar-refractivity contribution in [3.63, 3.8) is 0 Å². The van der Waals surface area contributed by atoms with E-state index >= 15 is 0 Å². The summed E-state index contributed by atoms with van der Waals surface area (Å²) in [6.07, 6.45) is 0. The van der Waals surface area contributed by atoms with Gasteiger partial charge in [-0.25, -0.2) is 14.7 Å².